The molecule has 1 rings (SSSR count). The van der Waals surface area contributed by atoms with Gasteiger partial charge in [0.15, 0.2) is 5.82 Å². The predicted octanol–water partition coefficient (Wildman–Crippen LogP) is -0.554. The zero-order chi connectivity index (χ0) is 6.85. The molecule has 0 aliphatic carbocycles. The zero-order valence-electron chi connectivity index (χ0n) is 4.55. The summed E-state index contributed by atoms with van der Waals surface area (Å²) in [5.41, 5.74) is 10.7. The minimum Gasteiger partial charge on any atom is -0.383 e. The number of nitrogens with two attached hydrogens (primary N) is 2. The van der Waals surface area contributed by atoms with Gasteiger partial charge in [-0.2, -0.15) is 10.4 Å². The number of nitrogen functional groups attached to an aromatic ring is 2. The van der Waals surface area contributed by atoms with Crippen LogP contribution in [0.15, 0.2) is 0 Å². The summed E-state index contributed by atoms with van der Waals surface area (Å²) in [6.07, 6.45) is 0. The molecule has 0 radical (unpaired) electrons. The molecule has 0 aromatic carbocycles. The van der Waals surface area contributed by atoms with Gasteiger partial charge in [-0.25, -0.2) is 0 Å². The van der Waals surface area contributed by atoms with Gasteiger partial charge in [-0.3, -0.25) is 5.10 Å². The van der Waals surface area contributed by atoms with E-state index in [9.17, 15) is 0 Å². The van der Waals surface area contributed by atoms with Crippen LogP contribution in [0.2, 0.25) is 0 Å². The van der Waals surface area contributed by atoms with Gasteiger partial charge in [-0.15, -0.1) is 0 Å². The SMILES string of the molecule is N#Cc1c(N)n[nH]c1N. The quantitative estimate of drug-likeness (QED) is 0.430. The lowest BCUT2D eigenvalue weighted by atomic mass is 10.3. The largest absolute Gasteiger partial charge is 0.383 e. The molecule has 5 nitrogen and oxygen atoms in total. The minimum absolute atomic E-state index is 0.148. The highest BCUT2D eigenvalue weighted by Crippen LogP contribution is 2.11. The molecular formula is C4H5N5. The summed E-state index contributed by atoms with van der Waals surface area (Å²) < 4.78 is 0. The standard InChI is InChI=1S/C4H5N5/c5-1-2-3(6)8-9-4(2)7/h(H5,6,7,8,9). The van der Waals surface area contributed by atoms with Crippen molar-refractivity contribution in [1.82, 2.24) is 10.2 Å². The number of rotatable bonds is 0. The summed E-state index contributed by atoms with van der Waals surface area (Å²) >= 11 is 0. The molecule has 0 amide bonds. The van der Waals surface area contributed by atoms with Crippen molar-refractivity contribution in [2.45, 2.75) is 0 Å². The molecule has 0 spiro atoms. The molecule has 1 aromatic rings. The number of nitrogens with one attached hydrogen (secondary N) is 1. The number of hydrogen-bond acceptors (Lipinski definition) is 4. The highest BCUT2D eigenvalue weighted by molar-refractivity contribution is 5.60. The van der Waals surface area contributed by atoms with E-state index in [-0.39, 0.29) is 17.2 Å². The maximum atomic E-state index is 8.32. The van der Waals surface area contributed by atoms with Crippen molar-refractivity contribution in [2.24, 2.45) is 0 Å². The summed E-state index contributed by atoms with van der Waals surface area (Å²) in [5, 5.41) is 14.2. The molecule has 9 heavy (non-hydrogen) atoms. The van der Waals surface area contributed by atoms with E-state index in [1.54, 1.807) is 6.07 Å². The lowest BCUT2D eigenvalue weighted by molar-refractivity contribution is 1.11. The first kappa shape index (κ1) is 5.44. The Bertz CT molecular complexity index is 235. The fraction of sp³-hybridized carbons (Fsp3) is 0. The number of aromatic nitrogens is 2. The number of nitriles is 1. The van der Waals surface area contributed by atoms with Crippen molar-refractivity contribution >= 4 is 11.6 Å². The second-order valence-electron chi connectivity index (χ2n) is 1.51. The van der Waals surface area contributed by atoms with Gasteiger partial charge in [-0.1, -0.05) is 0 Å². The molecule has 0 fully saturated rings. The van der Waals surface area contributed by atoms with Crippen LogP contribution in [0.25, 0.3) is 0 Å². The summed E-state index contributed by atoms with van der Waals surface area (Å²) in [5.74, 6) is 0.366. The van der Waals surface area contributed by atoms with Crippen LogP contribution in [0.4, 0.5) is 11.6 Å². The van der Waals surface area contributed by atoms with Crippen molar-refractivity contribution in [3.63, 3.8) is 0 Å². The average Bonchev–Trinajstić information content (AvgIpc) is 2.12. The van der Waals surface area contributed by atoms with Gasteiger partial charge in [0.1, 0.15) is 17.5 Å². The van der Waals surface area contributed by atoms with Gasteiger partial charge in [-0.05, 0) is 0 Å². The molecular weight excluding hydrogens is 118 g/mol. The Morgan fingerprint density at radius 2 is 2.22 bits per heavy atom. The van der Waals surface area contributed by atoms with Crippen molar-refractivity contribution in [1.29, 1.82) is 5.26 Å². The monoisotopic (exact) mass is 123 g/mol. The molecule has 0 atom stereocenters. The van der Waals surface area contributed by atoms with Crippen LogP contribution >= 0.6 is 0 Å². The van der Waals surface area contributed by atoms with E-state index >= 15 is 0 Å². The summed E-state index contributed by atoms with van der Waals surface area (Å²) in [7, 11) is 0. The highest BCUT2D eigenvalue weighted by atomic mass is 15.2. The van der Waals surface area contributed by atoms with Crippen LogP contribution in [0, 0.1) is 11.3 Å². The van der Waals surface area contributed by atoms with Crippen molar-refractivity contribution < 1.29 is 0 Å². The van der Waals surface area contributed by atoms with Gasteiger partial charge in [0.2, 0.25) is 0 Å². The molecule has 0 unspecified atom stereocenters. The van der Waals surface area contributed by atoms with Gasteiger partial charge in [0.25, 0.3) is 0 Å². The second kappa shape index (κ2) is 1.67. The van der Waals surface area contributed by atoms with E-state index < -0.39 is 0 Å². The topological polar surface area (TPSA) is 105 Å². The first-order chi connectivity index (χ1) is 4.25. The number of hydrogen-bond donors (Lipinski definition) is 3. The molecule has 0 saturated heterocycles. The van der Waals surface area contributed by atoms with E-state index in [1.807, 2.05) is 0 Å². The van der Waals surface area contributed by atoms with Crippen LogP contribution in [-0.2, 0) is 0 Å². The van der Waals surface area contributed by atoms with Gasteiger partial charge >= 0.3 is 0 Å². The highest BCUT2D eigenvalue weighted by Gasteiger charge is 2.04. The number of nitrogens with zero attached hydrogens (tertiary/aromatic N) is 2. The molecule has 46 valence electrons. The van der Waals surface area contributed by atoms with Crippen LogP contribution < -0.4 is 11.5 Å². The van der Waals surface area contributed by atoms with Crippen LogP contribution in [0.3, 0.4) is 0 Å². The Labute approximate surface area is 51.3 Å². The lowest BCUT2D eigenvalue weighted by Gasteiger charge is -1.81. The van der Waals surface area contributed by atoms with Crippen molar-refractivity contribution in [3.05, 3.63) is 5.56 Å². The molecule has 1 heterocycles. The maximum Gasteiger partial charge on any atom is 0.165 e. The smallest absolute Gasteiger partial charge is 0.165 e. The van der Waals surface area contributed by atoms with Crippen molar-refractivity contribution in [2.75, 3.05) is 11.5 Å². The third kappa shape index (κ3) is 0.659. The third-order valence-corrected chi connectivity index (χ3v) is 0.934. The van der Waals surface area contributed by atoms with E-state index in [4.69, 9.17) is 16.7 Å². The zero-order valence-corrected chi connectivity index (χ0v) is 4.55. The summed E-state index contributed by atoms with van der Waals surface area (Å²) in [6.45, 7) is 0. The Hall–Kier alpha value is -1.70. The third-order valence-electron chi connectivity index (χ3n) is 0.934. The Morgan fingerprint density at radius 3 is 2.44 bits per heavy atom. The number of anilines is 2. The fourth-order valence-electron chi connectivity index (χ4n) is 0.488. The Morgan fingerprint density at radius 1 is 1.56 bits per heavy atom. The minimum atomic E-state index is 0.148. The van der Waals surface area contributed by atoms with E-state index in [1.165, 1.54) is 0 Å². The van der Waals surface area contributed by atoms with Crippen LogP contribution in [0.1, 0.15) is 5.56 Å². The van der Waals surface area contributed by atoms with E-state index in [0.29, 0.717) is 0 Å². The first-order valence-corrected chi connectivity index (χ1v) is 2.25. The van der Waals surface area contributed by atoms with Crippen LogP contribution in [-0.4, -0.2) is 10.2 Å². The molecule has 0 aliphatic rings. The molecule has 0 saturated carbocycles. The fourth-order valence-corrected chi connectivity index (χ4v) is 0.488. The molecule has 0 bridgehead atoms. The molecule has 5 N–H and O–H groups in total. The predicted molar refractivity (Wildman–Crippen MR) is 32.1 cm³/mol. The first-order valence-electron chi connectivity index (χ1n) is 2.25. The molecule has 0 aliphatic heterocycles. The van der Waals surface area contributed by atoms with Gasteiger partial charge in [0.05, 0.1) is 0 Å². The van der Waals surface area contributed by atoms with Crippen LogP contribution in [0.5, 0.6) is 0 Å². The van der Waals surface area contributed by atoms with E-state index in [0.717, 1.165) is 0 Å². The average molecular weight is 123 g/mol. The Kier molecular flexibility index (Phi) is 1.01. The number of aromatic amines is 1. The maximum absolute atomic E-state index is 8.32. The summed E-state index contributed by atoms with van der Waals surface area (Å²) in [6, 6.07) is 1.80. The number of H-pyrrole nitrogens is 1. The lowest BCUT2D eigenvalue weighted by Crippen LogP contribution is -1.89. The van der Waals surface area contributed by atoms with Crippen molar-refractivity contribution in [3.8, 4) is 6.07 Å². The summed E-state index contributed by atoms with van der Waals surface area (Å²) in [4.78, 5) is 0. The molecule has 1 aromatic heterocycles. The van der Waals surface area contributed by atoms with E-state index in [2.05, 4.69) is 10.2 Å². The van der Waals surface area contributed by atoms with Gasteiger partial charge < -0.3 is 11.5 Å². The van der Waals surface area contributed by atoms with Gasteiger partial charge in [0, 0.05) is 0 Å². The second-order valence-corrected chi connectivity index (χ2v) is 1.51. The molecule has 5 heteroatoms. The normalized spacial score (nSPS) is 8.78. The Balaban J connectivity index is 3.27.